The van der Waals surface area contributed by atoms with Crippen LogP contribution in [0.2, 0.25) is 18.1 Å². The number of esters is 1. The number of hydrogen-bond acceptors (Lipinski definition) is 9. The molecule has 206 valence electrons. The lowest BCUT2D eigenvalue weighted by Crippen LogP contribution is -2.44. The Hall–Kier alpha value is -2.95. The Morgan fingerprint density at radius 1 is 0.892 bits per heavy atom. The first kappa shape index (κ1) is 30.3. The van der Waals surface area contributed by atoms with E-state index in [9.17, 15) is 9.90 Å². The maximum absolute atomic E-state index is 13.3. The van der Waals surface area contributed by atoms with Gasteiger partial charge in [0.15, 0.2) is 18.3 Å². The van der Waals surface area contributed by atoms with Crippen molar-refractivity contribution in [1.29, 1.82) is 0 Å². The highest BCUT2D eigenvalue weighted by molar-refractivity contribution is 6.74. The second-order valence-corrected chi connectivity index (χ2v) is 14.7. The predicted octanol–water partition coefficient (Wildman–Crippen LogP) is 5.07. The van der Waals surface area contributed by atoms with Crippen molar-refractivity contribution in [3.05, 3.63) is 41.5 Å². The van der Waals surface area contributed by atoms with Crippen LogP contribution in [0.3, 0.4) is 0 Å². The highest BCUT2D eigenvalue weighted by Gasteiger charge is 2.43. The van der Waals surface area contributed by atoms with Gasteiger partial charge < -0.3 is 38.0 Å². The molecule has 0 aliphatic rings. The zero-order valence-electron chi connectivity index (χ0n) is 23.5. The first-order valence-corrected chi connectivity index (χ1v) is 14.8. The quantitative estimate of drug-likeness (QED) is 0.226. The van der Waals surface area contributed by atoms with Crippen molar-refractivity contribution in [3.8, 4) is 28.7 Å². The molecule has 0 aliphatic heterocycles. The van der Waals surface area contributed by atoms with Gasteiger partial charge in [0.2, 0.25) is 5.75 Å². The minimum atomic E-state index is -2.43. The molecule has 2 atom stereocenters. The summed E-state index contributed by atoms with van der Waals surface area (Å²) in [5.41, 5.74) is 0.747. The van der Waals surface area contributed by atoms with Gasteiger partial charge in [-0.1, -0.05) is 26.8 Å². The van der Waals surface area contributed by atoms with Gasteiger partial charge in [-0.05, 0) is 36.3 Å². The fourth-order valence-corrected chi connectivity index (χ4v) is 4.57. The van der Waals surface area contributed by atoms with Crippen LogP contribution in [0.25, 0.3) is 0 Å². The molecule has 0 spiro atoms. The van der Waals surface area contributed by atoms with Gasteiger partial charge in [-0.15, -0.1) is 0 Å². The smallest absolute Gasteiger partial charge is 0.316 e. The average molecular weight is 537 g/mol. The number of aliphatic hydroxyl groups excluding tert-OH is 1. The lowest BCUT2D eigenvalue weighted by molar-refractivity contribution is -0.145. The number of aliphatic hydroxyl groups is 1. The molecule has 9 nitrogen and oxygen atoms in total. The Morgan fingerprint density at radius 3 is 2.05 bits per heavy atom. The molecule has 10 heteroatoms. The zero-order chi connectivity index (χ0) is 28.0. The third-order valence-electron chi connectivity index (χ3n) is 6.67. The van der Waals surface area contributed by atoms with Gasteiger partial charge in [-0.25, -0.2) is 0 Å². The van der Waals surface area contributed by atoms with E-state index >= 15 is 0 Å². The van der Waals surface area contributed by atoms with Gasteiger partial charge in [0.1, 0.15) is 23.5 Å². The second-order valence-electron chi connectivity index (χ2n) is 9.98. The Morgan fingerprint density at radius 2 is 1.54 bits per heavy atom. The van der Waals surface area contributed by atoms with E-state index < -0.39 is 26.3 Å². The monoisotopic (exact) mass is 536 g/mol. The summed E-state index contributed by atoms with van der Waals surface area (Å²) in [6, 6.07) is 8.29. The zero-order valence-corrected chi connectivity index (χ0v) is 24.5. The molecular formula is C27H40O9Si. The molecule has 0 unspecified atom stereocenters. The fourth-order valence-electron chi connectivity index (χ4n) is 3.54. The topological polar surface area (TPSA) is 102 Å². The van der Waals surface area contributed by atoms with Gasteiger partial charge in [-0.3, -0.25) is 4.79 Å². The van der Waals surface area contributed by atoms with E-state index in [2.05, 4.69) is 33.9 Å². The highest BCUT2D eigenvalue weighted by atomic mass is 28.4. The Bertz CT molecular complexity index is 1060. The van der Waals surface area contributed by atoms with Gasteiger partial charge in [0.25, 0.3) is 8.32 Å². The van der Waals surface area contributed by atoms with Crippen LogP contribution < -0.4 is 23.4 Å². The summed E-state index contributed by atoms with van der Waals surface area (Å²) in [5.74, 6) is 0.0785. The van der Waals surface area contributed by atoms with Gasteiger partial charge >= 0.3 is 5.97 Å². The molecule has 0 aliphatic carbocycles. The molecule has 2 aromatic carbocycles. The molecule has 0 saturated heterocycles. The molecule has 0 amide bonds. The second kappa shape index (κ2) is 12.5. The van der Waals surface area contributed by atoms with Crippen molar-refractivity contribution in [2.45, 2.75) is 50.9 Å². The van der Waals surface area contributed by atoms with Gasteiger partial charge in [0, 0.05) is 24.3 Å². The van der Waals surface area contributed by atoms with Crippen LogP contribution in [0.1, 0.15) is 43.9 Å². The minimum absolute atomic E-state index is 0.0636. The first-order chi connectivity index (χ1) is 17.4. The van der Waals surface area contributed by atoms with Crippen LogP contribution in [0.4, 0.5) is 0 Å². The summed E-state index contributed by atoms with van der Waals surface area (Å²) in [5, 5.41) is 11.5. The lowest BCUT2D eigenvalue weighted by Gasteiger charge is -2.38. The average Bonchev–Trinajstić information content (AvgIpc) is 2.86. The molecule has 0 saturated carbocycles. The Labute approximate surface area is 220 Å². The van der Waals surface area contributed by atoms with Crippen LogP contribution in [-0.2, 0) is 14.3 Å². The normalized spacial score (nSPS) is 13.4. The molecule has 0 aromatic heterocycles. The van der Waals surface area contributed by atoms with Crippen LogP contribution in [0, 0.1) is 0 Å². The summed E-state index contributed by atoms with van der Waals surface area (Å²) in [7, 11) is 4.88. The van der Waals surface area contributed by atoms with Crippen molar-refractivity contribution < 1.29 is 42.7 Å². The lowest BCUT2D eigenvalue weighted by atomic mass is 9.87. The first-order valence-electron chi connectivity index (χ1n) is 11.9. The summed E-state index contributed by atoms with van der Waals surface area (Å²) >= 11 is 0. The summed E-state index contributed by atoms with van der Waals surface area (Å²) < 4.78 is 39.1. The van der Waals surface area contributed by atoms with Crippen molar-refractivity contribution >= 4 is 14.3 Å². The molecule has 37 heavy (non-hydrogen) atoms. The predicted molar refractivity (Wildman–Crippen MR) is 143 cm³/mol. The molecule has 0 fully saturated rings. The van der Waals surface area contributed by atoms with Crippen LogP contribution >= 0.6 is 0 Å². The van der Waals surface area contributed by atoms with E-state index in [0.29, 0.717) is 39.9 Å². The van der Waals surface area contributed by atoms with Crippen molar-refractivity contribution in [3.63, 3.8) is 0 Å². The Kier molecular flexibility index (Phi) is 10.3. The van der Waals surface area contributed by atoms with E-state index in [4.69, 9.17) is 32.8 Å². The standard InChI is InChI=1S/C27H40O9Si/c1-27(2,3)37(9,10)36-24-19(13-14-20(32-6)25(24)33-7)22(26(29)34-8)23(28)18-12-11-17(31-5)15-21(18)35-16-30-4/h11-15,22-23,28H,16H2,1-10H3/t22-,23-/m0/s1. The molecule has 2 aromatic rings. The van der Waals surface area contributed by atoms with E-state index in [0.717, 1.165) is 0 Å². The van der Waals surface area contributed by atoms with E-state index in [1.165, 1.54) is 35.5 Å². The third kappa shape index (κ3) is 6.68. The number of carbonyl (C=O) groups is 1. The maximum atomic E-state index is 13.3. The molecule has 0 radical (unpaired) electrons. The molecular weight excluding hydrogens is 496 g/mol. The fraction of sp³-hybridized carbons (Fsp3) is 0.519. The SMILES string of the molecule is COCOc1cc(OC)ccc1[C@H](O)[C@@H](C(=O)OC)c1ccc(OC)c(OC)c1O[Si](C)(C)C(C)(C)C. The van der Waals surface area contributed by atoms with E-state index in [-0.39, 0.29) is 11.8 Å². The van der Waals surface area contributed by atoms with Crippen LogP contribution in [0.15, 0.2) is 30.3 Å². The summed E-state index contributed by atoms with van der Waals surface area (Å²) in [6.45, 7) is 10.4. The van der Waals surface area contributed by atoms with Crippen LogP contribution in [-0.4, -0.2) is 61.7 Å². The molecule has 0 heterocycles. The number of carbonyl (C=O) groups excluding carboxylic acids is 1. The number of benzene rings is 2. The van der Waals surface area contributed by atoms with Gasteiger partial charge in [0.05, 0.1) is 28.4 Å². The van der Waals surface area contributed by atoms with Crippen molar-refractivity contribution in [1.82, 2.24) is 0 Å². The summed E-state index contributed by atoms with van der Waals surface area (Å²) in [6.07, 6.45) is -1.37. The number of ether oxygens (including phenoxy) is 6. The van der Waals surface area contributed by atoms with E-state index in [1.807, 2.05) is 0 Å². The minimum Gasteiger partial charge on any atom is -0.541 e. The van der Waals surface area contributed by atoms with Crippen molar-refractivity contribution in [2.75, 3.05) is 42.3 Å². The number of rotatable bonds is 12. The third-order valence-corrected chi connectivity index (χ3v) is 11.0. The Balaban J connectivity index is 2.79. The number of hydrogen-bond donors (Lipinski definition) is 1. The van der Waals surface area contributed by atoms with Crippen molar-refractivity contribution in [2.24, 2.45) is 0 Å². The molecule has 1 N–H and O–H groups in total. The van der Waals surface area contributed by atoms with Crippen LogP contribution in [0.5, 0.6) is 28.7 Å². The number of methoxy groups -OCH3 is 5. The molecule has 2 rings (SSSR count). The van der Waals surface area contributed by atoms with Gasteiger partial charge in [-0.2, -0.15) is 0 Å². The van der Waals surface area contributed by atoms with E-state index in [1.54, 1.807) is 30.3 Å². The highest BCUT2D eigenvalue weighted by Crippen LogP contribution is 2.50. The largest absolute Gasteiger partial charge is 0.541 e. The summed E-state index contributed by atoms with van der Waals surface area (Å²) in [4.78, 5) is 13.3. The maximum Gasteiger partial charge on any atom is 0.316 e. The molecule has 0 bridgehead atoms.